The average Bonchev–Trinajstić information content (AvgIpc) is 2.72. The van der Waals surface area contributed by atoms with E-state index in [-0.39, 0.29) is 5.90 Å². The SMILES string of the molecule is COc1ccc([C@@H]2O[C@@]34CCCC[C@@H]3C(C#N)(C#N)[C@@]2(C#N)C(=N)O4)cc1. The van der Waals surface area contributed by atoms with E-state index in [1.165, 1.54) is 0 Å². The predicted molar refractivity (Wildman–Crippen MR) is 92.0 cm³/mol. The van der Waals surface area contributed by atoms with Crippen molar-refractivity contribution in [1.29, 1.82) is 21.2 Å². The van der Waals surface area contributed by atoms with Gasteiger partial charge in [0.05, 0.1) is 31.2 Å². The molecule has 1 aromatic carbocycles. The standard InChI is InChI=1S/C20H18N4O3/c1-25-14-7-5-13(6-8-14)16-19(12-23)17(24)27-20(26-16)9-3-2-4-15(20)18(19,10-21)11-22/h5-8,15-16,24H,2-4,9H2,1H3/t15-,16+,19-,20-/m1/s1. The molecule has 1 aromatic rings. The lowest BCUT2D eigenvalue weighted by Gasteiger charge is -2.63. The van der Waals surface area contributed by atoms with E-state index in [9.17, 15) is 15.8 Å². The fraction of sp³-hybridized carbons (Fsp3) is 0.500. The minimum atomic E-state index is -1.82. The molecule has 4 fully saturated rings. The Kier molecular flexibility index (Phi) is 3.67. The maximum Gasteiger partial charge on any atom is 0.218 e. The van der Waals surface area contributed by atoms with Crippen molar-refractivity contribution in [3.05, 3.63) is 29.8 Å². The van der Waals surface area contributed by atoms with E-state index >= 15 is 0 Å². The van der Waals surface area contributed by atoms with Crippen molar-refractivity contribution >= 4 is 5.90 Å². The summed E-state index contributed by atoms with van der Waals surface area (Å²) >= 11 is 0. The smallest absolute Gasteiger partial charge is 0.218 e. The third-order valence-corrected chi connectivity index (χ3v) is 6.23. The summed E-state index contributed by atoms with van der Waals surface area (Å²) in [5, 5.41) is 38.9. The number of nitriles is 3. The number of hydrogen-bond acceptors (Lipinski definition) is 7. The van der Waals surface area contributed by atoms with Crippen LogP contribution >= 0.6 is 0 Å². The largest absolute Gasteiger partial charge is 0.497 e. The van der Waals surface area contributed by atoms with E-state index in [1.54, 1.807) is 31.4 Å². The minimum Gasteiger partial charge on any atom is -0.497 e. The van der Waals surface area contributed by atoms with Crippen molar-refractivity contribution in [2.75, 3.05) is 7.11 Å². The van der Waals surface area contributed by atoms with E-state index in [1.807, 2.05) is 0 Å². The molecular formula is C20H18N4O3. The second kappa shape index (κ2) is 5.71. The summed E-state index contributed by atoms with van der Waals surface area (Å²) in [6, 6.07) is 13.3. The third-order valence-electron chi connectivity index (χ3n) is 6.23. The van der Waals surface area contributed by atoms with Gasteiger partial charge in [0.2, 0.25) is 11.7 Å². The van der Waals surface area contributed by atoms with Gasteiger partial charge in [0, 0.05) is 6.42 Å². The molecule has 136 valence electrons. The van der Waals surface area contributed by atoms with Gasteiger partial charge in [0.25, 0.3) is 0 Å². The van der Waals surface area contributed by atoms with Crippen molar-refractivity contribution in [2.24, 2.45) is 16.7 Å². The molecule has 0 radical (unpaired) electrons. The lowest BCUT2D eigenvalue weighted by molar-refractivity contribution is -0.360. The first-order valence-corrected chi connectivity index (χ1v) is 8.87. The number of hydrogen-bond donors (Lipinski definition) is 1. The number of ether oxygens (including phenoxy) is 3. The summed E-state index contributed by atoms with van der Waals surface area (Å²) in [7, 11) is 1.55. The monoisotopic (exact) mass is 362 g/mol. The highest BCUT2D eigenvalue weighted by atomic mass is 16.7. The maximum absolute atomic E-state index is 10.2. The zero-order chi connectivity index (χ0) is 19.3. The Hall–Kier alpha value is -3.08. The lowest BCUT2D eigenvalue weighted by atomic mass is 9.48. The second-order valence-electron chi connectivity index (χ2n) is 7.26. The van der Waals surface area contributed by atoms with Gasteiger partial charge in [-0.15, -0.1) is 0 Å². The van der Waals surface area contributed by atoms with Gasteiger partial charge >= 0.3 is 0 Å². The van der Waals surface area contributed by atoms with Crippen molar-refractivity contribution in [1.82, 2.24) is 0 Å². The average molecular weight is 362 g/mol. The molecule has 1 aliphatic carbocycles. The summed E-state index contributed by atoms with van der Waals surface area (Å²) in [4.78, 5) is 0. The van der Waals surface area contributed by atoms with E-state index in [4.69, 9.17) is 19.6 Å². The van der Waals surface area contributed by atoms with Crippen LogP contribution in [0.5, 0.6) is 5.75 Å². The Bertz CT molecular complexity index is 909. The van der Waals surface area contributed by atoms with Crippen LogP contribution in [0.15, 0.2) is 24.3 Å². The molecule has 27 heavy (non-hydrogen) atoms. The quantitative estimate of drug-likeness (QED) is 0.861. The van der Waals surface area contributed by atoms with Crippen LogP contribution in [0, 0.1) is 56.2 Å². The van der Waals surface area contributed by atoms with Gasteiger partial charge in [-0.3, -0.25) is 5.41 Å². The summed E-state index contributed by atoms with van der Waals surface area (Å²) < 4.78 is 17.4. The molecule has 0 aromatic heterocycles. The van der Waals surface area contributed by atoms with Crippen LogP contribution in [0.2, 0.25) is 0 Å². The Morgan fingerprint density at radius 3 is 2.41 bits per heavy atom. The second-order valence-corrected chi connectivity index (χ2v) is 7.26. The zero-order valence-electron chi connectivity index (χ0n) is 14.9. The molecule has 0 unspecified atom stereocenters. The van der Waals surface area contributed by atoms with E-state index in [0.717, 1.165) is 12.8 Å². The van der Waals surface area contributed by atoms with Crippen molar-refractivity contribution < 1.29 is 14.2 Å². The van der Waals surface area contributed by atoms with Crippen LogP contribution in [0.3, 0.4) is 0 Å². The van der Waals surface area contributed by atoms with Crippen LogP contribution < -0.4 is 4.74 Å². The van der Waals surface area contributed by atoms with Gasteiger partial charge in [-0.05, 0) is 30.5 Å². The van der Waals surface area contributed by atoms with Crippen LogP contribution in [-0.4, -0.2) is 18.8 Å². The van der Waals surface area contributed by atoms with Crippen LogP contribution in [0.25, 0.3) is 0 Å². The van der Waals surface area contributed by atoms with Crippen molar-refractivity contribution in [3.63, 3.8) is 0 Å². The molecule has 1 saturated carbocycles. The molecule has 4 aliphatic rings. The minimum absolute atomic E-state index is 0.349. The van der Waals surface area contributed by atoms with E-state index in [0.29, 0.717) is 24.2 Å². The first-order chi connectivity index (χ1) is 13.0. The molecule has 7 heteroatoms. The van der Waals surface area contributed by atoms with Gasteiger partial charge in [0.1, 0.15) is 11.9 Å². The molecule has 3 heterocycles. The summed E-state index contributed by atoms with van der Waals surface area (Å²) in [6.45, 7) is 0. The van der Waals surface area contributed by atoms with Crippen molar-refractivity contribution in [3.8, 4) is 24.0 Å². The molecule has 3 aliphatic heterocycles. The maximum atomic E-state index is 10.2. The highest BCUT2D eigenvalue weighted by molar-refractivity contribution is 5.89. The number of fused-ring (bicyclic) bond motifs is 2. The molecule has 2 bridgehead atoms. The van der Waals surface area contributed by atoms with E-state index < -0.39 is 28.6 Å². The first kappa shape index (κ1) is 17.3. The molecule has 5 rings (SSSR count). The molecular weight excluding hydrogens is 344 g/mol. The first-order valence-electron chi connectivity index (χ1n) is 8.87. The Morgan fingerprint density at radius 1 is 1.11 bits per heavy atom. The normalized spacial score (nSPS) is 35.7. The van der Waals surface area contributed by atoms with Gasteiger partial charge in [-0.25, -0.2) is 0 Å². The molecule has 1 spiro atoms. The van der Waals surface area contributed by atoms with Crippen LogP contribution in [0.1, 0.15) is 37.4 Å². The van der Waals surface area contributed by atoms with Gasteiger partial charge in [-0.1, -0.05) is 18.6 Å². The molecule has 4 atom stereocenters. The molecule has 1 N–H and O–H groups in total. The fourth-order valence-corrected chi connectivity index (χ4v) is 4.92. The number of rotatable bonds is 2. The Labute approximate surface area is 157 Å². The number of methoxy groups -OCH3 is 1. The topological polar surface area (TPSA) is 123 Å². The molecule has 3 saturated heterocycles. The zero-order valence-corrected chi connectivity index (χ0v) is 14.9. The highest BCUT2D eigenvalue weighted by Gasteiger charge is 2.80. The molecule has 7 nitrogen and oxygen atoms in total. The number of nitrogens with one attached hydrogen (secondary N) is 1. The van der Waals surface area contributed by atoms with E-state index in [2.05, 4.69) is 18.2 Å². The summed E-state index contributed by atoms with van der Waals surface area (Å²) in [5.41, 5.74) is -2.92. The fourth-order valence-electron chi connectivity index (χ4n) is 4.92. The van der Waals surface area contributed by atoms with Gasteiger partial charge in [-0.2, -0.15) is 15.8 Å². The summed E-state index contributed by atoms with van der Waals surface area (Å²) in [5.74, 6) is -1.50. The Balaban J connectivity index is 1.96. The highest BCUT2D eigenvalue weighted by Crippen LogP contribution is 2.69. The van der Waals surface area contributed by atoms with Crippen LogP contribution in [0.4, 0.5) is 0 Å². The van der Waals surface area contributed by atoms with Gasteiger partial charge < -0.3 is 14.2 Å². The number of benzene rings is 1. The number of nitrogens with zero attached hydrogens (tertiary/aromatic N) is 3. The van der Waals surface area contributed by atoms with Crippen molar-refractivity contribution in [2.45, 2.75) is 37.6 Å². The lowest BCUT2D eigenvalue weighted by Crippen LogP contribution is -2.73. The van der Waals surface area contributed by atoms with Crippen LogP contribution in [-0.2, 0) is 9.47 Å². The predicted octanol–water partition coefficient (Wildman–Crippen LogP) is 3.20. The van der Waals surface area contributed by atoms with Gasteiger partial charge in [0.15, 0.2) is 10.8 Å². The third kappa shape index (κ3) is 1.89. The molecule has 0 amide bonds. The Morgan fingerprint density at radius 2 is 1.81 bits per heavy atom. The summed E-state index contributed by atoms with van der Waals surface area (Å²) in [6.07, 6.45) is 1.73.